The zero-order valence-electron chi connectivity index (χ0n) is 25.2. The molecule has 1 spiro atoms. The molecular formula is C36H42F4N2O2. The Morgan fingerprint density at radius 3 is 2.25 bits per heavy atom. The molecule has 4 nitrogen and oxygen atoms in total. The van der Waals surface area contributed by atoms with Crippen molar-refractivity contribution in [1.29, 1.82) is 0 Å². The molecule has 236 valence electrons. The first kappa shape index (κ1) is 30.9. The normalized spacial score (nSPS) is 21.1. The zero-order valence-corrected chi connectivity index (χ0v) is 25.2. The number of ether oxygens (including phenoxy) is 2. The van der Waals surface area contributed by atoms with Crippen LogP contribution in [0.25, 0.3) is 0 Å². The molecule has 1 unspecified atom stereocenters. The number of rotatable bonds is 8. The van der Waals surface area contributed by atoms with Crippen molar-refractivity contribution in [1.82, 2.24) is 10.2 Å². The Kier molecular flexibility index (Phi) is 9.77. The molecule has 1 N–H and O–H groups in total. The van der Waals surface area contributed by atoms with E-state index in [-0.39, 0.29) is 24.0 Å². The van der Waals surface area contributed by atoms with Gasteiger partial charge < -0.3 is 14.8 Å². The second-order valence-corrected chi connectivity index (χ2v) is 12.7. The van der Waals surface area contributed by atoms with Crippen LogP contribution in [0, 0.1) is 17.0 Å². The average molecular weight is 611 g/mol. The minimum absolute atomic E-state index is 0.0984. The second-order valence-electron chi connectivity index (χ2n) is 12.7. The van der Waals surface area contributed by atoms with Crippen LogP contribution in [0.1, 0.15) is 79.7 Å². The number of alkyl halides is 2. The van der Waals surface area contributed by atoms with Gasteiger partial charge in [0.15, 0.2) is 0 Å². The van der Waals surface area contributed by atoms with Crippen LogP contribution < -0.4 is 14.8 Å². The molecule has 1 saturated heterocycles. The van der Waals surface area contributed by atoms with Crippen LogP contribution in [-0.2, 0) is 13.0 Å². The Bertz CT molecular complexity index is 1360. The number of hydrogen-bond acceptors (Lipinski definition) is 4. The van der Waals surface area contributed by atoms with Gasteiger partial charge in [0.05, 0.1) is 18.7 Å². The largest absolute Gasteiger partial charge is 0.490 e. The third-order valence-corrected chi connectivity index (χ3v) is 9.82. The van der Waals surface area contributed by atoms with E-state index >= 15 is 8.78 Å². The van der Waals surface area contributed by atoms with Gasteiger partial charge in [0.1, 0.15) is 29.7 Å². The first-order valence-electron chi connectivity index (χ1n) is 16.1. The van der Waals surface area contributed by atoms with E-state index in [4.69, 9.17) is 9.47 Å². The molecule has 3 aromatic carbocycles. The molecule has 0 amide bonds. The molecule has 1 saturated carbocycles. The third kappa shape index (κ3) is 7.23. The Hall–Kier alpha value is -3.10. The standard InChI is InChI=1S/C36H42F4N2O2/c37-31-21-29(44-27-8-4-13-36(14-5-9-27)15-17-41-18-16-36)22-32(38)34(31)35-30-11-10-28(43-24-25-6-2-1-3-7-25)20-26(30)12-19-42(35)23-33(39)40/h1-3,6-7,10-11,20-22,27,33,35,41H,4-5,8-9,12-19,23-24H2. The Morgan fingerprint density at radius 2 is 1.57 bits per heavy atom. The maximum Gasteiger partial charge on any atom is 0.251 e. The van der Waals surface area contributed by atoms with Gasteiger partial charge in [-0.05, 0) is 105 Å². The van der Waals surface area contributed by atoms with Crippen LogP contribution in [-0.4, -0.2) is 43.6 Å². The lowest BCUT2D eigenvalue weighted by Gasteiger charge is -2.40. The van der Waals surface area contributed by atoms with Crippen molar-refractivity contribution >= 4 is 0 Å². The van der Waals surface area contributed by atoms with E-state index in [1.807, 2.05) is 36.4 Å². The molecular weight excluding hydrogens is 568 g/mol. The van der Waals surface area contributed by atoms with Gasteiger partial charge >= 0.3 is 0 Å². The summed E-state index contributed by atoms with van der Waals surface area (Å²) in [7, 11) is 0. The molecule has 3 aromatic rings. The summed E-state index contributed by atoms with van der Waals surface area (Å²) < 4.78 is 71.1. The van der Waals surface area contributed by atoms with Gasteiger partial charge in [-0.1, -0.05) is 36.4 Å². The van der Waals surface area contributed by atoms with E-state index < -0.39 is 30.6 Å². The highest BCUT2D eigenvalue weighted by molar-refractivity contribution is 5.46. The van der Waals surface area contributed by atoms with E-state index in [1.165, 1.54) is 29.9 Å². The summed E-state index contributed by atoms with van der Waals surface area (Å²) in [5.41, 5.74) is 2.67. The van der Waals surface area contributed by atoms with Gasteiger partial charge in [0.2, 0.25) is 0 Å². The molecule has 3 aliphatic rings. The maximum absolute atomic E-state index is 15.9. The number of fused-ring (bicyclic) bond motifs is 1. The molecule has 0 bridgehead atoms. The summed E-state index contributed by atoms with van der Waals surface area (Å²) in [6.45, 7) is 2.21. The van der Waals surface area contributed by atoms with Gasteiger partial charge in [-0.25, -0.2) is 17.6 Å². The van der Waals surface area contributed by atoms with Crippen molar-refractivity contribution in [3.8, 4) is 11.5 Å². The van der Waals surface area contributed by atoms with Crippen molar-refractivity contribution in [2.24, 2.45) is 5.41 Å². The van der Waals surface area contributed by atoms with Crippen LogP contribution in [0.3, 0.4) is 0 Å². The predicted octanol–water partition coefficient (Wildman–Crippen LogP) is 8.23. The predicted molar refractivity (Wildman–Crippen MR) is 163 cm³/mol. The number of halogens is 4. The third-order valence-electron chi connectivity index (χ3n) is 9.82. The fraction of sp³-hybridized carbons (Fsp3) is 0.500. The quantitative estimate of drug-likeness (QED) is 0.261. The molecule has 2 fully saturated rings. The summed E-state index contributed by atoms with van der Waals surface area (Å²) in [6.07, 6.45) is 6.27. The first-order valence-corrected chi connectivity index (χ1v) is 16.1. The maximum atomic E-state index is 15.9. The molecule has 2 heterocycles. The highest BCUT2D eigenvalue weighted by Gasteiger charge is 2.36. The van der Waals surface area contributed by atoms with Crippen molar-refractivity contribution in [2.45, 2.75) is 83.0 Å². The molecule has 1 aliphatic carbocycles. The van der Waals surface area contributed by atoms with E-state index in [9.17, 15) is 8.78 Å². The fourth-order valence-electron chi connectivity index (χ4n) is 7.53. The highest BCUT2D eigenvalue weighted by atomic mass is 19.3. The SMILES string of the molecule is Fc1cc(OC2CCCC3(CCC2)CCNCC3)cc(F)c1C1c2ccc(OCc3ccccc3)cc2CCN1CC(F)F. The van der Waals surface area contributed by atoms with Crippen LogP contribution in [0.5, 0.6) is 11.5 Å². The number of nitrogens with one attached hydrogen (secondary N) is 1. The Balaban J connectivity index is 1.20. The highest BCUT2D eigenvalue weighted by Crippen LogP contribution is 2.43. The van der Waals surface area contributed by atoms with Crippen molar-refractivity contribution in [3.63, 3.8) is 0 Å². The number of benzene rings is 3. The lowest BCUT2D eigenvalue weighted by Crippen LogP contribution is -2.40. The van der Waals surface area contributed by atoms with E-state index in [1.54, 1.807) is 12.1 Å². The van der Waals surface area contributed by atoms with Crippen LogP contribution in [0.4, 0.5) is 17.6 Å². The monoisotopic (exact) mass is 610 g/mol. The second kappa shape index (κ2) is 13.9. The van der Waals surface area contributed by atoms with Crippen LogP contribution in [0.15, 0.2) is 60.7 Å². The average Bonchev–Trinajstić information content (AvgIpc) is 3.00. The molecule has 2 aliphatic heterocycles. The van der Waals surface area contributed by atoms with Crippen molar-refractivity contribution < 1.29 is 27.0 Å². The Labute approximate surface area is 257 Å². The molecule has 6 rings (SSSR count). The van der Waals surface area contributed by atoms with E-state index in [0.717, 1.165) is 62.7 Å². The lowest BCUT2D eigenvalue weighted by atomic mass is 9.70. The summed E-state index contributed by atoms with van der Waals surface area (Å²) in [6, 6.07) is 16.6. The minimum atomic E-state index is -2.63. The first-order chi connectivity index (χ1) is 21.4. The zero-order chi connectivity index (χ0) is 30.5. The van der Waals surface area contributed by atoms with Crippen molar-refractivity contribution in [2.75, 3.05) is 26.2 Å². The minimum Gasteiger partial charge on any atom is -0.490 e. The van der Waals surface area contributed by atoms with Crippen LogP contribution in [0.2, 0.25) is 0 Å². The topological polar surface area (TPSA) is 33.7 Å². The van der Waals surface area contributed by atoms with Gasteiger partial charge in [-0.15, -0.1) is 0 Å². The van der Waals surface area contributed by atoms with Gasteiger partial charge in [0, 0.05) is 24.2 Å². The van der Waals surface area contributed by atoms with Crippen LogP contribution >= 0.6 is 0 Å². The van der Waals surface area contributed by atoms with Crippen molar-refractivity contribution in [3.05, 3.63) is 94.6 Å². The van der Waals surface area contributed by atoms with Gasteiger partial charge in [0.25, 0.3) is 6.43 Å². The van der Waals surface area contributed by atoms with Gasteiger partial charge in [-0.2, -0.15) is 0 Å². The van der Waals surface area contributed by atoms with Gasteiger partial charge in [-0.3, -0.25) is 4.90 Å². The van der Waals surface area contributed by atoms with E-state index in [0.29, 0.717) is 29.8 Å². The molecule has 8 heteroatoms. The lowest BCUT2D eigenvalue weighted by molar-refractivity contribution is 0.0684. The number of piperidine rings is 1. The fourth-order valence-corrected chi connectivity index (χ4v) is 7.53. The van der Waals surface area contributed by atoms with E-state index in [2.05, 4.69) is 5.32 Å². The smallest absolute Gasteiger partial charge is 0.251 e. The molecule has 0 aromatic heterocycles. The molecule has 44 heavy (non-hydrogen) atoms. The summed E-state index contributed by atoms with van der Waals surface area (Å²) >= 11 is 0. The number of nitrogens with zero attached hydrogens (tertiary/aromatic N) is 1. The summed E-state index contributed by atoms with van der Waals surface area (Å²) in [4.78, 5) is 1.48. The summed E-state index contributed by atoms with van der Waals surface area (Å²) in [5.74, 6) is -0.766. The summed E-state index contributed by atoms with van der Waals surface area (Å²) in [5, 5.41) is 3.46. The molecule has 0 radical (unpaired) electrons. The number of hydrogen-bond donors (Lipinski definition) is 1. The molecule has 1 atom stereocenters. The Morgan fingerprint density at radius 1 is 0.864 bits per heavy atom.